The molecule has 0 amide bonds. The third-order valence-corrected chi connectivity index (χ3v) is 3.95. The van der Waals surface area contributed by atoms with E-state index in [0.29, 0.717) is 29.7 Å². The first kappa shape index (κ1) is 16.8. The van der Waals surface area contributed by atoms with Crippen LogP contribution in [0.15, 0.2) is 42.5 Å². The summed E-state index contributed by atoms with van der Waals surface area (Å²) < 4.78 is 29.7. The zero-order valence-corrected chi connectivity index (χ0v) is 13.7. The summed E-state index contributed by atoms with van der Waals surface area (Å²) in [5, 5.41) is 3.76. The Morgan fingerprint density at radius 3 is 2.82 bits per heavy atom. The fraction of sp³-hybridized carbons (Fsp3) is 0.250. The van der Waals surface area contributed by atoms with Gasteiger partial charge in [0.05, 0.1) is 10.7 Å². The summed E-state index contributed by atoms with van der Waals surface area (Å²) in [6, 6.07) is 11.5. The molecule has 2 rings (SSSR count). The van der Waals surface area contributed by atoms with E-state index in [1.54, 1.807) is 24.5 Å². The van der Waals surface area contributed by atoms with Gasteiger partial charge in [-0.2, -0.15) is 0 Å². The molecule has 0 saturated carbocycles. The van der Waals surface area contributed by atoms with E-state index < -0.39 is 10.8 Å². The molecule has 0 spiro atoms. The standard InChI is InChI=1S/C16H17ClFNO2S/c1-22(20)11-12-5-6-15(17)16(9-12)19-7-8-21-14-4-2-3-13(18)10-14/h2-6,9-10,19H,7-8,11H2,1H3. The molecule has 0 fully saturated rings. The lowest BCUT2D eigenvalue weighted by atomic mass is 10.2. The Balaban J connectivity index is 1.87. The SMILES string of the molecule is CS(=O)Cc1ccc(Cl)c(NCCOc2cccc(F)c2)c1. The second kappa shape index (κ2) is 8.15. The lowest BCUT2D eigenvalue weighted by Gasteiger charge is -2.11. The number of halogens is 2. The third-order valence-electron chi connectivity index (χ3n) is 2.88. The van der Waals surface area contributed by atoms with Gasteiger partial charge in [0, 0.05) is 35.4 Å². The van der Waals surface area contributed by atoms with Crippen molar-refractivity contribution in [2.24, 2.45) is 0 Å². The van der Waals surface area contributed by atoms with E-state index in [1.807, 2.05) is 12.1 Å². The number of anilines is 1. The van der Waals surface area contributed by atoms with Gasteiger partial charge in [-0.1, -0.05) is 23.7 Å². The molecule has 0 aliphatic heterocycles. The third kappa shape index (κ3) is 5.31. The Hall–Kier alpha value is -1.59. The Kier molecular flexibility index (Phi) is 6.21. The number of ether oxygens (including phenoxy) is 1. The maximum absolute atomic E-state index is 13.0. The van der Waals surface area contributed by atoms with Gasteiger partial charge in [0.25, 0.3) is 0 Å². The summed E-state index contributed by atoms with van der Waals surface area (Å²) in [6.07, 6.45) is 1.66. The van der Waals surface area contributed by atoms with Crippen LogP contribution in [0.5, 0.6) is 5.75 Å². The fourth-order valence-corrected chi connectivity index (χ4v) is 2.78. The molecule has 22 heavy (non-hydrogen) atoms. The Morgan fingerprint density at radius 1 is 1.27 bits per heavy atom. The van der Waals surface area contributed by atoms with Crippen molar-refractivity contribution in [3.05, 3.63) is 58.9 Å². The van der Waals surface area contributed by atoms with E-state index in [4.69, 9.17) is 16.3 Å². The number of hydrogen-bond donors (Lipinski definition) is 1. The van der Waals surface area contributed by atoms with Crippen LogP contribution < -0.4 is 10.1 Å². The average molecular weight is 342 g/mol. The highest BCUT2D eigenvalue weighted by molar-refractivity contribution is 7.83. The van der Waals surface area contributed by atoms with Gasteiger partial charge < -0.3 is 10.1 Å². The topological polar surface area (TPSA) is 38.3 Å². The number of hydrogen-bond acceptors (Lipinski definition) is 3. The van der Waals surface area contributed by atoms with Crippen molar-refractivity contribution in [1.82, 2.24) is 0 Å². The first-order chi connectivity index (χ1) is 10.5. The monoisotopic (exact) mass is 341 g/mol. The second-order valence-electron chi connectivity index (χ2n) is 4.76. The molecule has 0 aliphatic carbocycles. The van der Waals surface area contributed by atoms with Crippen LogP contribution in [0.4, 0.5) is 10.1 Å². The second-order valence-corrected chi connectivity index (χ2v) is 6.61. The Morgan fingerprint density at radius 2 is 2.09 bits per heavy atom. The lowest BCUT2D eigenvalue weighted by molar-refractivity contribution is 0.331. The highest BCUT2D eigenvalue weighted by atomic mass is 35.5. The summed E-state index contributed by atoms with van der Waals surface area (Å²) in [5.41, 5.74) is 1.73. The molecule has 0 aliphatic rings. The minimum absolute atomic E-state index is 0.325. The molecule has 1 N–H and O–H groups in total. The van der Waals surface area contributed by atoms with Crippen LogP contribution in [0.1, 0.15) is 5.56 Å². The van der Waals surface area contributed by atoms with E-state index in [1.165, 1.54) is 12.1 Å². The number of nitrogens with one attached hydrogen (secondary N) is 1. The van der Waals surface area contributed by atoms with Crippen LogP contribution in [0.3, 0.4) is 0 Å². The average Bonchev–Trinajstić information content (AvgIpc) is 2.46. The Bertz CT molecular complexity index is 666. The summed E-state index contributed by atoms with van der Waals surface area (Å²) in [7, 11) is -0.897. The molecule has 0 heterocycles. The van der Waals surface area contributed by atoms with Crippen molar-refractivity contribution in [2.75, 3.05) is 24.7 Å². The molecule has 1 unspecified atom stereocenters. The maximum atomic E-state index is 13.0. The minimum Gasteiger partial charge on any atom is -0.492 e. The van der Waals surface area contributed by atoms with E-state index in [0.717, 1.165) is 11.3 Å². The number of benzene rings is 2. The van der Waals surface area contributed by atoms with Crippen LogP contribution in [-0.4, -0.2) is 23.6 Å². The molecule has 2 aromatic rings. The minimum atomic E-state index is -0.897. The molecule has 0 bridgehead atoms. The van der Waals surface area contributed by atoms with Crippen LogP contribution in [-0.2, 0) is 16.6 Å². The molecule has 3 nitrogen and oxygen atoms in total. The molecule has 0 aromatic heterocycles. The molecular weight excluding hydrogens is 325 g/mol. The summed E-state index contributed by atoms with van der Waals surface area (Å²) in [6.45, 7) is 0.901. The van der Waals surface area contributed by atoms with Crippen LogP contribution in [0.25, 0.3) is 0 Å². The summed E-state index contributed by atoms with van der Waals surface area (Å²) >= 11 is 6.12. The predicted molar refractivity (Wildman–Crippen MR) is 89.6 cm³/mol. The summed E-state index contributed by atoms with van der Waals surface area (Å²) in [4.78, 5) is 0. The van der Waals surface area contributed by atoms with Crippen molar-refractivity contribution >= 4 is 28.1 Å². The normalized spacial score (nSPS) is 12.0. The van der Waals surface area contributed by atoms with Gasteiger partial charge >= 0.3 is 0 Å². The van der Waals surface area contributed by atoms with Crippen LogP contribution in [0, 0.1) is 5.82 Å². The van der Waals surface area contributed by atoms with Gasteiger partial charge in [0.1, 0.15) is 18.2 Å². The van der Waals surface area contributed by atoms with E-state index >= 15 is 0 Å². The van der Waals surface area contributed by atoms with Crippen molar-refractivity contribution in [3.8, 4) is 5.75 Å². The van der Waals surface area contributed by atoms with E-state index in [2.05, 4.69) is 5.32 Å². The highest BCUT2D eigenvalue weighted by Gasteiger charge is 2.04. The van der Waals surface area contributed by atoms with Gasteiger partial charge in [-0.15, -0.1) is 0 Å². The lowest BCUT2D eigenvalue weighted by Crippen LogP contribution is -2.12. The van der Waals surface area contributed by atoms with Crippen molar-refractivity contribution in [2.45, 2.75) is 5.75 Å². The molecule has 0 radical (unpaired) electrons. The highest BCUT2D eigenvalue weighted by Crippen LogP contribution is 2.23. The predicted octanol–water partition coefficient (Wildman–Crippen LogP) is 3.85. The zero-order chi connectivity index (χ0) is 15.9. The Labute approximate surface area is 136 Å². The van der Waals surface area contributed by atoms with Gasteiger partial charge in [-0.25, -0.2) is 4.39 Å². The van der Waals surface area contributed by atoms with Crippen molar-refractivity contribution in [1.29, 1.82) is 0 Å². The summed E-state index contributed by atoms with van der Waals surface area (Å²) in [5.74, 6) is 0.655. The van der Waals surface area contributed by atoms with Gasteiger partial charge in [-0.3, -0.25) is 4.21 Å². The van der Waals surface area contributed by atoms with Crippen LogP contribution in [0.2, 0.25) is 5.02 Å². The molecule has 6 heteroatoms. The van der Waals surface area contributed by atoms with Crippen molar-refractivity contribution in [3.63, 3.8) is 0 Å². The molecule has 0 saturated heterocycles. The van der Waals surface area contributed by atoms with Gasteiger partial charge in [0.2, 0.25) is 0 Å². The molecule has 1 atom stereocenters. The smallest absolute Gasteiger partial charge is 0.126 e. The van der Waals surface area contributed by atoms with Gasteiger partial charge in [-0.05, 0) is 29.8 Å². The van der Waals surface area contributed by atoms with E-state index in [9.17, 15) is 8.60 Å². The largest absolute Gasteiger partial charge is 0.492 e. The van der Waals surface area contributed by atoms with Crippen LogP contribution >= 0.6 is 11.6 Å². The maximum Gasteiger partial charge on any atom is 0.126 e. The zero-order valence-electron chi connectivity index (χ0n) is 12.1. The first-order valence-electron chi connectivity index (χ1n) is 6.75. The molecule has 2 aromatic carbocycles. The first-order valence-corrected chi connectivity index (χ1v) is 8.86. The van der Waals surface area contributed by atoms with Gasteiger partial charge in [0.15, 0.2) is 0 Å². The molecule has 118 valence electrons. The van der Waals surface area contributed by atoms with E-state index in [-0.39, 0.29) is 5.82 Å². The van der Waals surface area contributed by atoms with Crippen molar-refractivity contribution < 1.29 is 13.3 Å². The quantitative estimate of drug-likeness (QED) is 0.777. The molecular formula is C16H17ClFNO2S. The number of rotatable bonds is 7. The fourth-order valence-electron chi connectivity index (χ4n) is 1.94.